The second kappa shape index (κ2) is 12.2. The van der Waals surface area contributed by atoms with Crippen molar-refractivity contribution in [2.75, 3.05) is 19.6 Å². The molecular weight excluding hydrogens is 501 g/mol. The lowest BCUT2D eigenvalue weighted by Crippen LogP contribution is -2.35. The van der Waals surface area contributed by atoms with E-state index in [0.29, 0.717) is 48.8 Å². The molecule has 0 radical (unpaired) electrons. The summed E-state index contributed by atoms with van der Waals surface area (Å²) in [6.07, 6.45) is 6.17. The molecule has 3 heterocycles. The summed E-state index contributed by atoms with van der Waals surface area (Å²) in [5.74, 6) is 0.149. The van der Waals surface area contributed by atoms with Crippen LogP contribution in [0.5, 0.6) is 0 Å². The summed E-state index contributed by atoms with van der Waals surface area (Å²) >= 11 is 6.28. The number of aromatic nitrogens is 1. The van der Waals surface area contributed by atoms with Crippen LogP contribution in [0.2, 0.25) is 5.15 Å². The Hall–Kier alpha value is -3.47. The SMILES string of the molecule is C=NN1C=CC(N2CCC[C@@H]2c2cc(F)cnc2Cl)=N/C1=C(/C)C(=O)NCCCNC(=O)OC(C)(C)C. The Balaban J connectivity index is 1.68. The van der Waals surface area contributed by atoms with Crippen molar-refractivity contribution >= 4 is 36.2 Å². The number of ether oxygens (including phenoxy) is 1. The molecule has 0 aromatic carbocycles. The number of hydrogen-bond donors (Lipinski definition) is 2. The van der Waals surface area contributed by atoms with Gasteiger partial charge in [-0.15, -0.1) is 0 Å². The molecule has 0 spiro atoms. The molecule has 2 aliphatic heterocycles. The monoisotopic (exact) mass is 533 g/mol. The van der Waals surface area contributed by atoms with Gasteiger partial charge in [-0.1, -0.05) is 11.6 Å². The minimum atomic E-state index is -0.573. The number of carbonyl (C=O) groups is 2. The van der Waals surface area contributed by atoms with Crippen molar-refractivity contribution in [2.45, 2.75) is 58.6 Å². The van der Waals surface area contributed by atoms with Crippen LogP contribution in [0.1, 0.15) is 58.6 Å². The molecular formula is C25H33ClFN7O3. The minimum Gasteiger partial charge on any atom is -0.444 e. The van der Waals surface area contributed by atoms with Gasteiger partial charge in [-0.25, -0.2) is 24.2 Å². The van der Waals surface area contributed by atoms with Crippen LogP contribution in [0.15, 0.2) is 46.0 Å². The lowest BCUT2D eigenvalue weighted by atomic mass is 10.1. The molecule has 0 aliphatic carbocycles. The Kier molecular flexibility index (Phi) is 9.25. The van der Waals surface area contributed by atoms with E-state index in [1.54, 1.807) is 40.0 Å². The second-order valence-electron chi connectivity index (χ2n) is 9.64. The number of aliphatic imine (C=N–C) groups is 1. The highest BCUT2D eigenvalue weighted by Crippen LogP contribution is 2.36. The van der Waals surface area contributed by atoms with E-state index in [1.165, 1.54) is 11.1 Å². The number of rotatable bonds is 7. The van der Waals surface area contributed by atoms with Crippen LogP contribution in [0.3, 0.4) is 0 Å². The van der Waals surface area contributed by atoms with E-state index < -0.39 is 17.5 Å². The lowest BCUT2D eigenvalue weighted by molar-refractivity contribution is -0.117. The molecule has 1 saturated heterocycles. The van der Waals surface area contributed by atoms with E-state index in [9.17, 15) is 14.0 Å². The standard InChI is InChI=1S/C25H33ClFN7O3/c1-16(23(35)29-10-7-11-30-24(36)37-25(2,3)4)22-32-20(9-13-34(22)28-5)33-12-6-8-19(33)18-14-17(27)15-31-21(18)26/h9,13-15,19H,5-8,10-12H2,1-4H3,(H,29,35)(H,30,36)/b22-16+/t19-/m1/s1. The van der Waals surface area contributed by atoms with Gasteiger partial charge in [-0.2, -0.15) is 5.10 Å². The summed E-state index contributed by atoms with van der Waals surface area (Å²) in [7, 11) is 0. The molecule has 0 bridgehead atoms. The molecule has 37 heavy (non-hydrogen) atoms. The maximum Gasteiger partial charge on any atom is 0.407 e. The summed E-state index contributed by atoms with van der Waals surface area (Å²) < 4.78 is 19.1. The molecule has 0 saturated carbocycles. The van der Waals surface area contributed by atoms with Gasteiger partial charge in [-0.3, -0.25) is 4.79 Å². The number of hydrogen-bond acceptors (Lipinski definition) is 8. The van der Waals surface area contributed by atoms with Crippen LogP contribution in [0.25, 0.3) is 0 Å². The van der Waals surface area contributed by atoms with Gasteiger partial charge in [0.05, 0.1) is 17.8 Å². The number of likely N-dealkylation sites (tertiary alicyclic amines) is 1. The van der Waals surface area contributed by atoms with Gasteiger partial charge in [0.1, 0.15) is 22.4 Å². The first-order valence-electron chi connectivity index (χ1n) is 12.1. The van der Waals surface area contributed by atoms with Gasteiger partial charge >= 0.3 is 6.09 Å². The lowest BCUT2D eigenvalue weighted by Gasteiger charge is -2.30. The third-order valence-corrected chi connectivity index (χ3v) is 5.99. The molecule has 2 aliphatic rings. The first kappa shape index (κ1) is 28.1. The third-order valence-electron chi connectivity index (χ3n) is 5.68. The Bertz CT molecular complexity index is 1130. The summed E-state index contributed by atoms with van der Waals surface area (Å²) in [4.78, 5) is 35.2. The van der Waals surface area contributed by atoms with E-state index in [0.717, 1.165) is 19.0 Å². The van der Waals surface area contributed by atoms with E-state index in [2.05, 4.69) is 27.4 Å². The van der Waals surface area contributed by atoms with E-state index in [-0.39, 0.29) is 17.1 Å². The predicted octanol–water partition coefficient (Wildman–Crippen LogP) is 4.12. The van der Waals surface area contributed by atoms with Crippen LogP contribution >= 0.6 is 11.6 Å². The van der Waals surface area contributed by atoms with Crippen molar-refractivity contribution in [1.29, 1.82) is 0 Å². The zero-order chi connectivity index (χ0) is 27.2. The topological polar surface area (TPSA) is 112 Å². The smallest absolute Gasteiger partial charge is 0.407 e. The fourth-order valence-corrected chi connectivity index (χ4v) is 4.23. The Labute approximate surface area is 221 Å². The van der Waals surface area contributed by atoms with E-state index in [1.807, 2.05) is 4.90 Å². The van der Waals surface area contributed by atoms with Gasteiger partial charge in [0.25, 0.3) is 5.91 Å². The van der Waals surface area contributed by atoms with Gasteiger partial charge in [0, 0.05) is 38.1 Å². The first-order valence-corrected chi connectivity index (χ1v) is 12.4. The molecule has 3 rings (SSSR count). The van der Waals surface area contributed by atoms with Gasteiger partial charge in [0.15, 0.2) is 5.82 Å². The number of amidine groups is 1. The Morgan fingerprint density at radius 3 is 2.76 bits per heavy atom. The maximum absolute atomic E-state index is 13.9. The molecule has 2 amide bonds. The molecule has 1 atom stereocenters. The number of alkyl carbamates (subject to hydrolysis) is 1. The average molecular weight is 534 g/mol. The van der Waals surface area contributed by atoms with Gasteiger partial charge < -0.3 is 20.3 Å². The highest BCUT2D eigenvalue weighted by Gasteiger charge is 2.32. The summed E-state index contributed by atoms with van der Waals surface area (Å²) in [5.41, 5.74) is 0.366. The average Bonchev–Trinajstić information content (AvgIpc) is 3.33. The normalized spacial score (nSPS) is 18.9. The summed E-state index contributed by atoms with van der Waals surface area (Å²) in [6, 6.07) is 1.20. The van der Waals surface area contributed by atoms with Crippen LogP contribution in [-0.2, 0) is 9.53 Å². The number of hydrazone groups is 1. The van der Waals surface area contributed by atoms with Crippen molar-refractivity contribution in [1.82, 2.24) is 25.5 Å². The van der Waals surface area contributed by atoms with Crippen LogP contribution < -0.4 is 10.6 Å². The fraction of sp³-hybridized carbons (Fsp3) is 0.480. The number of amides is 2. The van der Waals surface area contributed by atoms with Crippen LogP contribution in [-0.4, -0.2) is 64.7 Å². The molecule has 2 N–H and O–H groups in total. The second-order valence-corrected chi connectivity index (χ2v) is 10.0. The molecule has 10 nitrogen and oxygen atoms in total. The largest absolute Gasteiger partial charge is 0.444 e. The molecule has 1 aromatic heterocycles. The Morgan fingerprint density at radius 1 is 1.32 bits per heavy atom. The number of nitrogens with zero attached hydrogens (tertiary/aromatic N) is 5. The Morgan fingerprint density at radius 2 is 2.05 bits per heavy atom. The zero-order valence-electron chi connectivity index (χ0n) is 21.6. The number of nitrogens with one attached hydrogen (secondary N) is 2. The maximum atomic E-state index is 13.9. The van der Waals surface area contributed by atoms with Crippen molar-refractivity contribution in [3.05, 3.63) is 52.5 Å². The van der Waals surface area contributed by atoms with Crippen molar-refractivity contribution in [2.24, 2.45) is 10.1 Å². The van der Waals surface area contributed by atoms with Gasteiger partial charge in [-0.05, 0) is 59.1 Å². The molecule has 1 fully saturated rings. The van der Waals surface area contributed by atoms with Crippen LogP contribution in [0.4, 0.5) is 9.18 Å². The number of pyridine rings is 1. The fourth-order valence-electron chi connectivity index (χ4n) is 4.00. The van der Waals surface area contributed by atoms with Gasteiger partial charge in [0.2, 0.25) is 0 Å². The highest BCUT2D eigenvalue weighted by molar-refractivity contribution is 6.30. The van der Waals surface area contributed by atoms with Crippen molar-refractivity contribution in [3.63, 3.8) is 0 Å². The van der Waals surface area contributed by atoms with E-state index >= 15 is 0 Å². The van der Waals surface area contributed by atoms with Crippen molar-refractivity contribution < 1.29 is 18.7 Å². The van der Waals surface area contributed by atoms with Crippen LogP contribution in [0, 0.1) is 5.82 Å². The molecule has 0 unspecified atom stereocenters. The first-order chi connectivity index (χ1) is 17.5. The molecule has 12 heteroatoms. The molecule has 1 aromatic rings. The number of halogens is 2. The quantitative estimate of drug-likeness (QED) is 0.236. The molecule has 200 valence electrons. The van der Waals surface area contributed by atoms with Crippen molar-refractivity contribution in [3.8, 4) is 0 Å². The highest BCUT2D eigenvalue weighted by atomic mass is 35.5. The predicted molar refractivity (Wildman–Crippen MR) is 140 cm³/mol. The zero-order valence-corrected chi connectivity index (χ0v) is 22.3. The van der Waals surface area contributed by atoms with E-state index in [4.69, 9.17) is 21.3 Å². The number of carbonyl (C=O) groups excluding carboxylic acids is 2. The summed E-state index contributed by atoms with van der Waals surface area (Å²) in [6.45, 7) is 12.0. The summed E-state index contributed by atoms with van der Waals surface area (Å²) in [5, 5.41) is 11.1. The minimum absolute atomic E-state index is 0.199. The third kappa shape index (κ3) is 7.51.